The first-order valence-corrected chi connectivity index (χ1v) is 6.58. The Balaban J connectivity index is 4.60. The number of nitrogens with zero attached hydrogens (tertiary/aromatic N) is 3. The van der Waals surface area contributed by atoms with Gasteiger partial charge in [-0.2, -0.15) is 4.99 Å². The first-order valence-electron chi connectivity index (χ1n) is 5.36. The Hall–Kier alpha value is -1.24. The van der Waals surface area contributed by atoms with E-state index in [1.54, 1.807) is 25.3 Å². The number of urea groups is 2. The van der Waals surface area contributed by atoms with E-state index in [9.17, 15) is 9.59 Å². The van der Waals surface area contributed by atoms with Crippen LogP contribution in [0.5, 0.6) is 0 Å². The monoisotopic (exact) mass is 260 g/mol. The average molecular weight is 260 g/mol. The Morgan fingerprint density at radius 2 is 1.76 bits per heavy atom. The molecule has 0 saturated heterocycles. The van der Waals surface area contributed by atoms with Crippen molar-refractivity contribution in [2.75, 3.05) is 33.4 Å². The van der Waals surface area contributed by atoms with Gasteiger partial charge in [0.05, 0.1) is 0 Å². The van der Waals surface area contributed by atoms with Crippen LogP contribution in [0.2, 0.25) is 0 Å². The highest BCUT2D eigenvalue weighted by Gasteiger charge is 2.12. The van der Waals surface area contributed by atoms with Gasteiger partial charge >= 0.3 is 12.1 Å². The molecule has 0 aromatic heterocycles. The van der Waals surface area contributed by atoms with Gasteiger partial charge in [0.1, 0.15) is 0 Å². The van der Waals surface area contributed by atoms with Crippen molar-refractivity contribution in [1.82, 2.24) is 15.1 Å². The number of amides is 4. The third-order valence-electron chi connectivity index (χ3n) is 2.04. The summed E-state index contributed by atoms with van der Waals surface area (Å²) in [5.41, 5.74) is 0. The van der Waals surface area contributed by atoms with E-state index in [2.05, 4.69) is 10.3 Å². The smallest absolute Gasteiger partial charge is 0.329 e. The fourth-order valence-corrected chi connectivity index (χ4v) is 1.35. The standard InChI is InChI=1S/C10H20N4O2S/c1-6-14(7-2)10(16)12-8(17-5)11-9(15)13(3)4/h6-7H2,1-5H3,(H,11,12,15,16). The number of carbonyl (C=O) groups is 2. The Morgan fingerprint density at radius 3 is 2.12 bits per heavy atom. The van der Waals surface area contributed by atoms with Crippen LogP contribution in [0, 0.1) is 0 Å². The van der Waals surface area contributed by atoms with E-state index in [-0.39, 0.29) is 6.03 Å². The van der Waals surface area contributed by atoms with Crippen LogP contribution in [0.3, 0.4) is 0 Å². The second-order valence-electron chi connectivity index (χ2n) is 3.40. The van der Waals surface area contributed by atoms with Gasteiger partial charge in [-0.15, -0.1) is 0 Å². The topological polar surface area (TPSA) is 65.0 Å². The summed E-state index contributed by atoms with van der Waals surface area (Å²) < 4.78 is 0. The molecule has 17 heavy (non-hydrogen) atoms. The number of aliphatic imine (C=N–C) groups is 1. The van der Waals surface area contributed by atoms with Gasteiger partial charge in [0.25, 0.3) is 0 Å². The number of hydrogen-bond donors (Lipinski definition) is 1. The zero-order valence-corrected chi connectivity index (χ0v) is 11.8. The van der Waals surface area contributed by atoms with Crippen molar-refractivity contribution >= 4 is 29.0 Å². The van der Waals surface area contributed by atoms with Crippen LogP contribution in [-0.4, -0.2) is 60.5 Å². The maximum absolute atomic E-state index is 11.7. The number of carbonyl (C=O) groups excluding carboxylic acids is 2. The van der Waals surface area contributed by atoms with Gasteiger partial charge in [-0.1, -0.05) is 11.8 Å². The number of nitrogens with one attached hydrogen (secondary N) is 1. The summed E-state index contributed by atoms with van der Waals surface area (Å²) in [7, 11) is 3.21. The lowest BCUT2D eigenvalue weighted by molar-refractivity contribution is 0.208. The maximum atomic E-state index is 11.7. The summed E-state index contributed by atoms with van der Waals surface area (Å²) in [6, 6.07) is -0.635. The Bertz CT molecular complexity index is 301. The summed E-state index contributed by atoms with van der Waals surface area (Å²) in [6.45, 7) is 5.02. The Labute approximate surface area is 106 Å². The molecule has 0 rings (SSSR count). The van der Waals surface area contributed by atoms with Crippen molar-refractivity contribution in [3.8, 4) is 0 Å². The normalized spacial score (nSPS) is 11.0. The van der Waals surface area contributed by atoms with E-state index < -0.39 is 6.03 Å². The number of thioether (sulfide) groups is 1. The molecule has 0 aromatic rings. The first-order chi connectivity index (χ1) is 7.96. The Morgan fingerprint density at radius 1 is 1.24 bits per heavy atom. The fraction of sp³-hybridized carbons (Fsp3) is 0.700. The second-order valence-corrected chi connectivity index (χ2v) is 4.20. The van der Waals surface area contributed by atoms with Crippen LogP contribution in [0.4, 0.5) is 9.59 Å². The molecule has 1 N–H and O–H groups in total. The molecule has 7 heteroatoms. The molecule has 0 spiro atoms. The summed E-state index contributed by atoms with van der Waals surface area (Å²) in [6.07, 6.45) is 1.75. The van der Waals surface area contributed by atoms with Crippen molar-refractivity contribution < 1.29 is 9.59 Å². The molecule has 0 aliphatic rings. The third-order valence-corrected chi connectivity index (χ3v) is 2.62. The highest BCUT2D eigenvalue weighted by Crippen LogP contribution is 1.99. The molecule has 4 amide bonds. The zero-order chi connectivity index (χ0) is 13.4. The second kappa shape index (κ2) is 7.94. The van der Waals surface area contributed by atoms with E-state index in [1.165, 1.54) is 16.7 Å². The molecule has 6 nitrogen and oxygen atoms in total. The molecule has 0 aliphatic carbocycles. The number of amidine groups is 1. The molecule has 0 saturated carbocycles. The van der Waals surface area contributed by atoms with Crippen molar-refractivity contribution in [3.05, 3.63) is 0 Å². The van der Waals surface area contributed by atoms with Crippen LogP contribution in [0.1, 0.15) is 13.8 Å². The van der Waals surface area contributed by atoms with E-state index in [4.69, 9.17) is 0 Å². The lowest BCUT2D eigenvalue weighted by Gasteiger charge is -2.19. The van der Waals surface area contributed by atoms with Gasteiger partial charge in [0.15, 0.2) is 5.17 Å². The maximum Gasteiger partial charge on any atom is 0.345 e. The quantitative estimate of drug-likeness (QED) is 0.603. The largest absolute Gasteiger partial charge is 0.345 e. The van der Waals surface area contributed by atoms with Gasteiger partial charge < -0.3 is 9.80 Å². The van der Waals surface area contributed by atoms with E-state index in [1.807, 2.05) is 13.8 Å². The van der Waals surface area contributed by atoms with Gasteiger partial charge in [-0.05, 0) is 20.1 Å². The fourth-order valence-electron chi connectivity index (χ4n) is 0.993. The minimum absolute atomic E-state index is 0.241. The summed E-state index contributed by atoms with van der Waals surface area (Å²) in [5.74, 6) is 0. The molecular formula is C10H20N4O2S. The summed E-state index contributed by atoms with van der Waals surface area (Å²) in [4.78, 5) is 29.8. The molecule has 98 valence electrons. The highest BCUT2D eigenvalue weighted by molar-refractivity contribution is 8.13. The van der Waals surface area contributed by atoms with Crippen LogP contribution in [-0.2, 0) is 0 Å². The van der Waals surface area contributed by atoms with Gasteiger partial charge in [0.2, 0.25) is 0 Å². The van der Waals surface area contributed by atoms with Gasteiger partial charge in [-0.3, -0.25) is 5.32 Å². The van der Waals surface area contributed by atoms with E-state index >= 15 is 0 Å². The van der Waals surface area contributed by atoms with Crippen molar-refractivity contribution in [2.45, 2.75) is 13.8 Å². The minimum atomic E-state index is -0.394. The first kappa shape index (κ1) is 15.8. The zero-order valence-electron chi connectivity index (χ0n) is 11.0. The van der Waals surface area contributed by atoms with E-state index in [0.29, 0.717) is 18.3 Å². The van der Waals surface area contributed by atoms with Crippen molar-refractivity contribution in [2.24, 2.45) is 4.99 Å². The predicted octanol–water partition coefficient (Wildman–Crippen LogP) is 1.44. The highest BCUT2D eigenvalue weighted by atomic mass is 32.2. The number of rotatable bonds is 2. The summed E-state index contributed by atoms with van der Waals surface area (Å²) in [5, 5.41) is 2.91. The van der Waals surface area contributed by atoms with Crippen LogP contribution < -0.4 is 5.32 Å². The van der Waals surface area contributed by atoms with Crippen molar-refractivity contribution in [1.29, 1.82) is 0 Å². The molecule has 0 aliphatic heterocycles. The lowest BCUT2D eigenvalue weighted by atomic mass is 10.5. The molecule has 0 bridgehead atoms. The van der Waals surface area contributed by atoms with Gasteiger partial charge in [-0.25, -0.2) is 9.59 Å². The predicted molar refractivity (Wildman–Crippen MR) is 71.5 cm³/mol. The third kappa shape index (κ3) is 5.58. The lowest BCUT2D eigenvalue weighted by Crippen LogP contribution is -2.42. The van der Waals surface area contributed by atoms with Crippen molar-refractivity contribution in [3.63, 3.8) is 0 Å². The molecule has 0 fully saturated rings. The molecule has 0 heterocycles. The number of hydrogen-bond acceptors (Lipinski definition) is 3. The Kier molecular flexibility index (Phi) is 7.36. The van der Waals surface area contributed by atoms with E-state index in [0.717, 1.165) is 0 Å². The molecule has 0 radical (unpaired) electrons. The van der Waals surface area contributed by atoms with Crippen LogP contribution in [0.25, 0.3) is 0 Å². The van der Waals surface area contributed by atoms with Crippen LogP contribution in [0.15, 0.2) is 4.99 Å². The minimum Gasteiger partial charge on any atom is -0.329 e. The van der Waals surface area contributed by atoms with Gasteiger partial charge in [0, 0.05) is 27.2 Å². The average Bonchev–Trinajstić information content (AvgIpc) is 2.29. The van der Waals surface area contributed by atoms with Crippen LogP contribution >= 0.6 is 11.8 Å². The molecule has 0 aromatic carbocycles. The molecule has 0 unspecified atom stereocenters. The molecule has 0 atom stereocenters. The summed E-state index contributed by atoms with van der Waals surface area (Å²) >= 11 is 1.23. The SMILES string of the molecule is CCN(CC)C(=O)NC(=NC(=O)N(C)C)SC. The molecular weight excluding hydrogens is 240 g/mol.